The molecule has 0 aromatic heterocycles. The van der Waals surface area contributed by atoms with Gasteiger partial charge >= 0.3 is 0 Å². The minimum absolute atomic E-state index is 1.17. The number of rotatable bonds is 2. The summed E-state index contributed by atoms with van der Waals surface area (Å²) in [6, 6.07) is 53.1. The van der Waals surface area contributed by atoms with Gasteiger partial charge in [-0.15, -0.1) is 0 Å². The molecule has 0 N–H and O–H groups in total. The molecule has 6 aromatic carbocycles. The van der Waals surface area contributed by atoms with Crippen molar-refractivity contribution in [1.82, 2.24) is 0 Å². The average molecular weight is 539 g/mol. The third-order valence-corrected chi connectivity index (χ3v) is 8.49. The molecule has 0 saturated carbocycles. The standard InChI is InChI=1S/C40H30N2/c1-27-19-23-29(24-20-27)41-35-15-7-3-11-31(35)39(32-12-4-8-16-36(32)41)40-33-13-5-9-17-37(33)42(30-25-21-28(2)22-26-30)38-18-10-6-14-34(38)40/h3-26H,1-2H3. The van der Waals surface area contributed by atoms with Crippen molar-refractivity contribution in [2.45, 2.75) is 13.8 Å². The van der Waals surface area contributed by atoms with Crippen LogP contribution in [-0.4, -0.2) is 0 Å². The highest BCUT2D eigenvalue weighted by Crippen LogP contribution is 2.56. The molecule has 0 atom stereocenters. The molecule has 0 aliphatic carbocycles. The van der Waals surface area contributed by atoms with Gasteiger partial charge in [-0.05, 0) is 62.4 Å². The minimum Gasteiger partial charge on any atom is -0.309 e. The van der Waals surface area contributed by atoms with E-state index < -0.39 is 0 Å². The van der Waals surface area contributed by atoms with E-state index in [-0.39, 0.29) is 0 Å². The largest absolute Gasteiger partial charge is 0.309 e. The molecule has 0 spiro atoms. The third-order valence-electron chi connectivity index (χ3n) is 8.49. The number of fused-ring (bicyclic) bond motifs is 4. The number of anilines is 6. The molecule has 0 saturated heterocycles. The number of aryl methyl sites for hydroxylation is 2. The molecular formula is C40H30N2. The maximum atomic E-state index is 2.41. The lowest BCUT2D eigenvalue weighted by atomic mass is 9.79. The number of benzene rings is 6. The van der Waals surface area contributed by atoms with E-state index in [2.05, 4.69) is 169 Å². The summed E-state index contributed by atoms with van der Waals surface area (Å²) in [5.74, 6) is 0. The van der Waals surface area contributed by atoms with Crippen molar-refractivity contribution < 1.29 is 0 Å². The van der Waals surface area contributed by atoms with Crippen molar-refractivity contribution in [3.05, 3.63) is 179 Å². The second-order valence-electron chi connectivity index (χ2n) is 11.2. The van der Waals surface area contributed by atoms with Crippen LogP contribution in [0.2, 0.25) is 0 Å². The van der Waals surface area contributed by atoms with Gasteiger partial charge in [-0.2, -0.15) is 0 Å². The molecule has 2 heteroatoms. The fourth-order valence-corrected chi connectivity index (χ4v) is 6.55. The highest BCUT2D eigenvalue weighted by atomic mass is 15.2. The summed E-state index contributed by atoms with van der Waals surface area (Å²) in [6.07, 6.45) is 0. The van der Waals surface area contributed by atoms with Gasteiger partial charge in [-0.25, -0.2) is 0 Å². The van der Waals surface area contributed by atoms with Crippen molar-refractivity contribution in [3.63, 3.8) is 0 Å². The molecule has 2 nitrogen and oxygen atoms in total. The molecule has 42 heavy (non-hydrogen) atoms. The van der Waals surface area contributed by atoms with Crippen molar-refractivity contribution in [1.29, 1.82) is 0 Å². The summed E-state index contributed by atoms with van der Waals surface area (Å²) >= 11 is 0. The predicted molar refractivity (Wildman–Crippen MR) is 177 cm³/mol. The maximum Gasteiger partial charge on any atom is 0.0540 e. The molecule has 2 aliphatic heterocycles. The lowest BCUT2D eigenvalue weighted by molar-refractivity contribution is 1.22. The van der Waals surface area contributed by atoms with Gasteiger partial charge in [0.1, 0.15) is 0 Å². The maximum absolute atomic E-state index is 2.41. The third kappa shape index (κ3) is 3.73. The quantitative estimate of drug-likeness (QED) is 0.216. The predicted octanol–water partition coefficient (Wildman–Crippen LogP) is 10.9. The Morgan fingerprint density at radius 3 is 0.857 bits per heavy atom. The highest BCUT2D eigenvalue weighted by molar-refractivity contribution is 6.17. The van der Waals surface area contributed by atoms with Gasteiger partial charge in [-0.3, -0.25) is 0 Å². The monoisotopic (exact) mass is 538 g/mol. The Morgan fingerprint density at radius 2 is 0.571 bits per heavy atom. The highest BCUT2D eigenvalue weighted by Gasteiger charge is 2.34. The lowest BCUT2D eigenvalue weighted by Crippen LogP contribution is -2.21. The molecule has 0 unspecified atom stereocenters. The Kier molecular flexibility index (Phi) is 5.61. The van der Waals surface area contributed by atoms with Gasteiger partial charge < -0.3 is 9.80 Å². The van der Waals surface area contributed by atoms with Gasteiger partial charge in [0.2, 0.25) is 0 Å². The molecule has 6 aromatic rings. The molecule has 0 amide bonds. The fraction of sp³-hybridized carbons (Fsp3) is 0.0500. The summed E-state index contributed by atoms with van der Waals surface area (Å²) < 4.78 is 0. The number of para-hydroxylation sites is 4. The molecule has 0 fully saturated rings. The number of hydrogen-bond donors (Lipinski definition) is 0. The van der Waals surface area contributed by atoms with E-state index in [0.29, 0.717) is 0 Å². The summed E-state index contributed by atoms with van der Waals surface area (Å²) in [7, 11) is 0. The Morgan fingerprint density at radius 1 is 0.310 bits per heavy atom. The summed E-state index contributed by atoms with van der Waals surface area (Å²) in [4.78, 5) is 4.82. The summed E-state index contributed by atoms with van der Waals surface area (Å²) in [5, 5.41) is 0. The smallest absolute Gasteiger partial charge is 0.0540 e. The van der Waals surface area contributed by atoms with Crippen molar-refractivity contribution in [2.75, 3.05) is 9.80 Å². The van der Waals surface area contributed by atoms with Crippen LogP contribution in [0.15, 0.2) is 146 Å². The zero-order valence-corrected chi connectivity index (χ0v) is 23.8. The normalized spacial score (nSPS) is 13.3. The van der Waals surface area contributed by atoms with Gasteiger partial charge in [0, 0.05) is 44.8 Å². The van der Waals surface area contributed by atoms with E-state index in [1.54, 1.807) is 0 Å². The lowest BCUT2D eigenvalue weighted by Gasteiger charge is -2.39. The van der Waals surface area contributed by atoms with Gasteiger partial charge in [0.15, 0.2) is 0 Å². The van der Waals surface area contributed by atoms with E-state index in [4.69, 9.17) is 0 Å². The Labute approximate surface area is 247 Å². The van der Waals surface area contributed by atoms with Crippen LogP contribution in [-0.2, 0) is 0 Å². The van der Waals surface area contributed by atoms with Crippen LogP contribution < -0.4 is 9.80 Å². The topological polar surface area (TPSA) is 6.48 Å². The molecule has 2 heterocycles. The fourth-order valence-electron chi connectivity index (χ4n) is 6.55. The Bertz CT molecular complexity index is 1750. The molecule has 2 aliphatic rings. The second kappa shape index (κ2) is 9.64. The van der Waals surface area contributed by atoms with Crippen LogP contribution in [0.3, 0.4) is 0 Å². The first-order valence-electron chi connectivity index (χ1n) is 14.5. The van der Waals surface area contributed by atoms with Crippen LogP contribution in [0.1, 0.15) is 33.4 Å². The molecule has 0 bridgehead atoms. The Balaban J connectivity index is 1.46. The van der Waals surface area contributed by atoms with Crippen LogP contribution >= 0.6 is 0 Å². The van der Waals surface area contributed by atoms with Crippen molar-refractivity contribution in [3.8, 4) is 0 Å². The number of nitrogens with zero attached hydrogens (tertiary/aromatic N) is 2. The SMILES string of the molecule is Cc1ccc(N2c3ccccc3C(=C3c4ccccc4N(c4ccc(C)cc4)c4ccccc43)c3ccccc32)cc1. The second-order valence-corrected chi connectivity index (χ2v) is 11.2. The van der Waals surface area contributed by atoms with Crippen LogP contribution in [0, 0.1) is 13.8 Å². The molecule has 0 radical (unpaired) electrons. The van der Waals surface area contributed by atoms with Crippen LogP contribution in [0.5, 0.6) is 0 Å². The van der Waals surface area contributed by atoms with Crippen molar-refractivity contribution in [2.24, 2.45) is 0 Å². The first-order chi connectivity index (χ1) is 20.7. The molecular weight excluding hydrogens is 508 g/mol. The van der Waals surface area contributed by atoms with E-state index >= 15 is 0 Å². The van der Waals surface area contributed by atoms with Crippen LogP contribution in [0.25, 0.3) is 11.1 Å². The molecule has 200 valence electrons. The molecule has 8 rings (SSSR count). The van der Waals surface area contributed by atoms with Gasteiger partial charge in [-0.1, -0.05) is 108 Å². The zero-order valence-electron chi connectivity index (χ0n) is 23.8. The average Bonchev–Trinajstić information content (AvgIpc) is 3.04. The Hall–Kier alpha value is -5.34. The number of hydrogen-bond acceptors (Lipinski definition) is 2. The first kappa shape index (κ1) is 24.5. The van der Waals surface area contributed by atoms with E-state index in [1.165, 1.54) is 78.7 Å². The van der Waals surface area contributed by atoms with Crippen LogP contribution in [0.4, 0.5) is 34.1 Å². The summed E-state index contributed by atoms with van der Waals surface area (Å²) in [5.41, 5.74) is 17.1. The van der Waals surface area contributed by atoms with E-state index in [1.807, 2.05) is 0 Å². The van der Waals surface area contributed by atoms with Crippen molar-refractivity contribution >= 4 is 45.3 Å². The van der Waals surface area contributed by atoms with Gasteiger partial charge in [0.25, 0.3) is 0 Å². The van der Waals surface area contributed by atoms with E-state index in [0.717, 1.165) is 0 Å². The van der Waals surface area contributed by atoms with E-state index in [9.17, 15) is 0 Å². The van der Waals surface area contributed by atoms with Gasteiger partial charge in [0.05, 0.1) is 22.7 Å². The minimum atomic E-state index is 1.17. The zero-order chi connectivity index (χ0) is 28.2. The first-order valence-corrected chi connectivity index (χ1v) is 14.5. The summed E-state index contributed by atoms with van der Waals surface area (Å²) in [6.45, 7) is 4.28.